The Bertz CT molecular complexity index is 1310. The van der Waals surface area contributed by atoms with Crippen LogP contribution in [-0.4, -0.2) is 29.4 Å². The molecule has 4 rings (SSSR count). The fraction of sp³-hybridized carbons (Fsp3) is 0.179. The van der Waals surface area contributed by atoms with Gasteiger partial charge in [0, 0.05) is 10.7 Å². The zero-order valence-electron chi connectivity index (χ0n) is 20.0. The highest BCUT2D eigenvalue weighted by molar-refractivity contribution is 8.14. The first-order valence-electron chi connectivity index (χ1n) is 11.5. The molecule has 2 N–H and O–H groups in total. The van der Waals surface area contributed by atoms with E-state index in [1.165, 1.54) is 11.8 Å². The Morgan fingerprint density at radius 3 is 2.42 bits per heavy atom. The van der Waals surface area contributed by atoms with E-state index in [9.17, 15) is 9.59 Å². The monoisotopic (exact) mass is 519 g/mol. The van der Waals surface area contributed by atoms with E-state index in [4.69, 9.17) is 21.3 Å². The lowest BCUT2D eigenvalue weighted by Crippen LogP contribution is -2.31. The van der Waals surface area contributed by atoms with Crippen LogP contribution in [0.1, 0.15) is 29.7 Å². The van der Waals surface area contributed by atoms with E-state index < -0.39 is 12.0 Å². The van der Waals surface area contributed by atoms with E-state index >= 15 is 0 Å². The molecular weight excluding hydrogens is 494 g/mol. The number of hydrogen-bond donors (Lipinski definition) is 2. The third-order valence-electron chi connectivity index (χ3n) is 5.49. The molecule has 0 aromatic heterocycles. The summed E-state index contributed by atoms with van der Waals surface area (Å²) < 4.78 is 5.41. The van der Waals surface area contributed by atoms with Crippen LogP contribution in [0.25, 0.3) is 5.70 Å². The molecule has 0 saturated carbocycles. The third-order valence-corrected chi connectivity index (χ3v) is 6.78. The smallest absolute Gasteiger partial charge is 0.338 e. The lowest BCUT2D eigenvalue weighted by molar-refractivity contribution is -0.138. The molecule has 8 heteroatoms. The predicted molar refractivity (Wildman–Crippen MR) is 147 cm³/mol. The lowest BCUT2D eigenvalue weighted by Gasteiger charge is -2.27. The molecule has 0 radical (unpaired) electrons. The van der Waals surface area contributed by atoms with Crippen LogP contribution < -0.4 is 10.6 Å². The summed E-state index contributed by atoms with van der Waals surface area (Å²) >= 11 is 7.44. The Kier molecular flexibility index (Phi) is 8.46. The number of nitrogens with zero attached hydrogens (tertiary/aromatic N) is 1. The minimum atomic E-state index is -0.580. The predicted octanol–water partition coefficient (Wildman–Crippen LogP) is 6.00. The van der Waals surface area contributed by atoms with Gasteiger partial charge in [0.05, 0.1) is 23.6 Å². The summed E-state index contributed by atoms with van der Waals surface area (Å²) in [6.07, 6.45) is 0. The number of hydrogen-bond acceptors (Lipinski definition) is 6. The first-order chi connectivity index (χ1) is 17.5. The van der Waals surface area contributed by atoms with E-state index in [2.05, 4.69) is 10.6 Å². The highest BCUT2D eigenvalue weighted by Crippen LogP contribution is 2.36. The number of rotatable bonds is 7. The number of carbonyl (C=O) groups excluding carboxylic acids is 2. The van der Waals surface area contributed by atoms with Gasteiger partial charge in [-0.15, -0.1) is 0 Å². The molecule has 0 bridgehead atoms. The van der Waals surface area contributed by atoms with Crippen LogP contribution >= 0.6 is 23.4 Å². The number of ether oxygens (including phenoxy) is 1. The Hall–Kier alpha value is -3.55. The zero-order chi connectivity index (χ0) is 25.5. The number of carbonyl (C=O) groups is 2. The van der Waals surface area contributed by atoms with Gasteiger partial charge in [-0.3, -0.25) is 4.79 Å². The van der Waals surface area contributed by atoms with Crippen molar-refractivity contribution in [3.8, 4) is 0 Å². The van der Waals surface area contributed by atoms with Crippen LogP contribution in [0.3, 0.4) is 0 Å². The van der Waals surface area contributed by atoms with Crippen LogP contribution in [0.5, 0.6) is 0 Å². The van der Waals surface area contributed by atoms with Gasteiger partial charge in [-0.05, 0) is 42.7 Å². The van der Waals surface area contributed by atoms with Crippen LogP contribution in [0, 0.1) is 6.92 Å². The van der Waals surface area contributed by atoms with Crippen molar-refractivity contribution in [2.24, 2.45) is 4.99 Å². The quantitative estimate of drug-likeness (QED) is 0.374. The highest BCUT2D eigenvalue weighted by Gasteiger charge is 2.32. The molecule has 1 amide bonds. The molecule has 0 saturated heterocycles. The molecule has 36 heavy (non-hydrogen) atoms. The van der Waals surface area contributed by atoms with E-state index in [0.717, 1.165) is 16.7 Å². The Morgan fingerprint density at radius 2 is 1.75 bits per heavy atom. The summed E-state index contributed by atoms with van der Waals surface area (Å²) in [6, 6.07) is 24.0. The van der Waals surface area contributed by atoms with E-state index in [-0.39, 0.29) is 18.3 Å². The number of halogens is 1. The second kappa shape index (κ2) is 11.9. The molecule has 3 aromatic carbocycles. The van der Waals surface area contributed by atoms with Crippen molar-refractivity contribution in [3.05, 3.63) is 106 Å². The fourth-order valence-electron chi connectivity index (χ4n) is 3.73. The molecule has 1 atom stereocenters. The van der Waals surface area contributed by atoms with Gasteiger partial charge in [-0.1, -0.05) is 90.1 Å². The lowest BCUT2D eigenvalue weighted by atomic mass is 9.94. The van der Waals surface area contributed by atoms with Gasteiger partial charge in [0.1, 0.15) is 6.04 Å². The summed E-state index contributed by atoms with van der Waals surface area (Å²) in [5.41, 5.74) is 4.30. The second-order valence-corrected chi connectivity index (χ2v) is 9.42. The Labute approximate surface area is 219 Å². The normalized spacial score (nSPS) is 15.1. The van der Waals surface area contributed by atoms with Crippen molar-refractivity contribution in [1.29, 1.82) is 0 Å². The van der Waals surface area contributed by atoms with Crippen molar-refractivity contribution in [1.82, 2.24) is 5.32 Å². The number of amidine groups is 1. The highest BCUT2D eigenvalue weighted by atomic mass is 35.5. The van der Waals surface area contributed by atoms with Gasteiger partial charge in [0.2, 0.25) is 5.91 Å². The number of amides is 1. The fourth-order valence-corrected chi connectivity index (χ4v) is 4.61. The van der Waals surface area contributed by atoms with E-state index in [0.29, 0.717) is 27.1 Å². The maximum absolute atomic E-state index is 13.1. The molecule has 1 aliphatic rings. The van der Waals surface area contributed by atoms with Crippen molar-refractivity contribution in [2.45, 2.75) is 19.9 Å². The molecule has 6 nitrogen and oxygen atoms in total. The van der Waals surface area contributed by atoms with Gasteiger partial charge < -0.3 is 15.4 Å². The van der Waals surface area contributed by atoms with Gasteiger partial charge in [-0.2, -0.15) is 0 Å². The summed E-state index contributed by atoms with van der Waals surface area (Å²) in [6.45, 7) is 3.93. The van der Waals surface area contributed by atoms with Gasteiger partial charge in [0.15, 0.2) is 5.17 Å². The van der Waals surface area contributed by atoms with E-state index in [1.807, 2.05) is 79.7 Å². The molecule has 3 aromatic rings. The van der Waals surface area contributed by atoms with Gasteiger partial charge >= 0.3 is 5.97 Å². The number of nitrogens with one attached hydrogen (secondary N) is 2. The van der Waals surface area contributed by atoms with Crippen molar-refractivity contribution >= 4 is 51.8 Å². The number of benzene rings is 3. The number of thioether (sulfide) groups is 1. The second-order valence-electron chi connectivity index (χ2n) is 8.05. The van der Waals surface area contributed by atoms with Crippen LogP contribution in [-0.2, 0) is 14.3 Å². The number of aryl methyl sites for hydroxylation is 1. The van der Waals surface area contributed by atoms with Crippen LogP contribution in [0.15, 0.2) is 89.4 Å². The Morgan fingerprint density at radius 1 is 1.06 bits per heavy atom. The van der Waals surface area contributed by atoms with Crippen LogP contribution in [0.2, 0.25) is 5.02 Å². The van der Waals surface area contributed by atoms with Gasteiger partial charge in [0.25, 0.3) is 0 Å². The zero-order valence-corrected chi connectivity index (χ0v) is 21.5. The van der Waals surface area contributed by atoms with Gasteiger partial charge in [-0.25, -0.2) is 9.79 Å². The van der Waals surface area contributed by atoms with Crippen LogP contribution in [0.4, 0.5) is 5.69 Å². The summed E-state index contributed by atoms with van der Waals surface area (Å²) in [4.78, 5) is 30.6. The Balaban J connectivity index is 1.62. The molecule has 184 valence electrons. The maximum atomic E-state index is 13.1. The molecule has 1 aliphatic heterocycles. The average Bonchev–Trinajstić information content (AvgIpc) is 2.90. The largest absolute Gasteiger partial charge is 0.463 e. The summed E-state index contributed by atoms with van der Waals surface area (Å²) in [7, 11) is 0. The number of aliphatic imine (C=N–C) groups is 1. The molecular formula is C28H26ClN3O3S. The number of esters is 1. The minimum Gasteiger partial charge on any atom is -0.463 e. The average molecular weight is 520 g/mol. The van der Waals surface area contributed by atoms with Crippen molar-refractivity contribution in [3.63, 3.8) is 0 Å². The maximum Gasteiger partial charge on any atom is 0.338 e. The first-order valence-corrected chi connectivity index (χ1v) is 12.9. The number of anilines is 1. The van der Waals surface area contributed by atoms with Crippen molar-refractivity contribution in [2.75, 3.05) is 17.7 Å². The SMILES string of the molecule is CCOC(=O)C1=C(c2ccccc2)NC(SCC(=O)Nc2ccc(C)c(Cl)c2)=N[C@@H]1c1ccccc1. The minimum absolute atomic E-state index is 0.121. The molecule has 1 heterocycles. The van der Waals surface area contributed by atoms with Crippen molar-refractivity contribution < 1.29 is 14.3 Å². The first kappa shape index (κ1) is 25.5. The molecule has 0 spiro atoms. The van der Waals surface area contributed by atoms with E-state index in [1.54, 1.807) is 13.0 Å². The summed E-state index contributed by atoms with van der Waals surface area (Å²) in [5, 5.41) is 7.28. The molecule has 0 unspecified atom stereocenters. The molecule has 0 fully saturated rings. The summed E-state index contributed by atoms with van der Waals surface area (Å²) in [5.74, 6) is -0.503. The topological polar surface area (TPSA) is 79.8 Å². The standard InChI is InChI=1S/C28H26ClN3O3S/c1-3-35-27(34)24-25(19-10-6-4-7-11-19)31-28(32-26(24)20-12-8-5-9-13-20)36-17-23(33)30-21-15-14-18(2)22(29)16-21/h4-16,25H,3,17H2,1-2H3,(H,30,33)(H,31,32)/t25-/m1/s1. The molecule has 0 aliphatic carbocycles. The third kappa shape index (κ3) is 6.17.